The first kappa shape index (κ1) is 60.0. The molecule has 2 fully saturated rings. The predicted molar refractivity (Wildman–Crippen MR) is 274 cm³/mol. The van der Waals surface area contributed by atoms with E-state index >= 15 is 4.79 Å². The maximum Gasteiger partial charge on any atom is 0.408 e. The quantitative estimate of drug-likeness (QED) is 0.0544. The van der Waals surface area contributed by atoms with Crippen LogP contribution in [0.1, 0.15) is 109 Å². The topological polar surface area (TPSA) is 295 Å². The van der Waals surface area contributed by atoms with Gasteiger partial charge in [-0.2, -0.15) is 0 Å². The van der Waals surface area contributed by atoms with Crippen LogP contribution in [0.3, 0.4) is 0 Å². The minimum atomic E-state index is -2.46. The van der Waals surface area contributed by atoms with Crippen LogP contribution < -0.4 is 10.6 Å². The Hall–Kier alpha value is -7.20. The second kappa shape index (κ2) is 24.6. The highest BCUT2D eigenvalue weighted by Gasteiger charge is 2.75. The number of hydrogen-bond acceptors (Lipinski definition) is 19. The average Bonchev–Trinajstić information content (AvgIpc) is 3.54. The van der Waals surface area contributed by atoms with Crippen molar-refractivity contribution in [2.45, 2.75) is 148 Å². The number of aliphatic hydroxyl groups is 3. The van der Waals surface area contributed by atoms with E-state index < -0.39 is 143 Å². The van der Waals surface area contributed by atoms with Crippen LogP contribution >= 0.6 is 0 Å². The summed E-state index contributed by atoms with van der Waals surface area (Å²) in [7, 11) is 0. The number of amides is 2. The van der Waals surface area contributed by atoms with Gasteiger partial charge in [-0.3, -0.25) is 14.4 Å². The summed E-state index contributed by atoms with van der Waals surface area (Å²) in [6.45, 7) is 11.5. The fourth-order valence-electron chi connectivity index (χ4n) is 10.5. The second-order valence-electron chi connectivity index (χ2n) is 21.6. The number of benzene rings is 3. The molecule has 1 aliphatic heterocycles. The fraction of sp³-hybridized carbons (Fsp3) is 0.509. The van der Waals surface area contributed by atoms with E-state index in [9.17, 15) is 48.9 Å². The van der Waals surface area contributed by atoms with E-state index in [2.05, 4.69) is 10.6 Å². The van der Waals surface area contributed by atoms with Gasteiger partial charge in [0, 0.05) is 31.7 Å². The highest BCUT2D eigenvalue weighted by molar-refractivity contribution is 5.91. The van der Waals surface area contributed by atoms with Gasteiger partial charge in [0.05, 0.1) is 36.0 Å². The van der Waals surface area contributed by atoms with Gasteiger partial charge in [-0.15, -0.1) is 0 Å². The number of alkyl carbamates (subject to hydrolysis) is 2. The molecule has 422 valence electrons. The molecule has 2 amide bonds. The number of aliphatic hydroxyl groups excluding tert-OH is 2. The van der Waals surface area contributed by atoms with Crippen molar-refractivity contribution in [2.24, 2.45) is 16.7 Å². The van der Waals surface area contributed by atoms with E-state index in [0.29, 0.717) is 5.57 Å². The number of ketones is 1. The maximum atomic E-state index is 15.0. The van der Waals surface area contributed by atoms with Crippen molar-refractivity contribution in [3.63, 3.8) is 0 Å². The molecule has 0 radical (unpaired) electrons. The number of nitrogens with one attached hydrogen (secondary N) is 2. The second-order valence-corrected chi connectivity index (χ2v) is 21.6. The maximum absolute atomic E-state index is 15.0. The van der Waals surface area contributed by atoms with Crippen LogP contribution in [-0.4, -0.2) is 136 Å². The zero-order valence-corrected chi connectivity index (χ0v) is 45.2. The molecule has 0 aromatic heterocycles. The van der Waals surface area contributed by atoms with E-state index in [0.717, 1.165) is 12.5 Å². The third-order valence-electron chi connectivity index (χ3n) is 14.4. The zero-order chi connectivity index (χ0) is 57.4. The Bertz CT molecular complexity index is 2690. The van der Waals surface area contributed by atoms with Crippen molar-refractivity contribution < 1.29 is 91.6 Å². The van der Waals surface area contributed by atoms with Gasteiger partial charge in [0.15, 0.2) is 18.0 Å². The normalized spacial score (nSPS) is 25.7. The Morgan fingerprint density at radius 1 is 0.833 bits per heavy atom. The number of rotatable bonds is 20. The van der Waals surface area contributed by atoms with Gasteiger partial charge >= 0.3 is 42.0 Å². The molecule has 6 rings (SSSR count). The van der Waals surface area contributed by atoms with Crippen molar-refractivity contribution in [1.82, 2.24) is 10.6 Å². The number of esters is 5. The summed E-state index contributed by atoms with van der Waals surface area (Å²) in [4.78, 5) is 109. The van der Waals surface area contributed by atoms with Crippen LogP contribution in [-0.2, 0) is 68.5 Å². The molecule has 1 saturated heterocycles. The minimum Gasteiger partial charge on any atom is -0.455 e. The molecule has 2 aliphatic carbocycles. The van der Waals surface area contributed by atoms with Gasteiger partial charge in [0.1, 0.15) is 48.3 Å². The molecule has 1 unspecified atom stereocenters. The first-order valence-electron chi connectivity index (χ1n) is 25.6. The molecule has 78 heavy (non-hydrogen) atoms. The molecule has 21 nitrogen and oxygen atoms in total. The summed E-state index contributed by atoms with van der Waals surface area (Å²) in [6, 6.07) is 22.9. The van der Waals surface area contributed by atoms with Crippen molar-refractivity contribution in [3.8, 4) is 0 Å². The monoisotopic (exact) mass is 1090 g/mol. The molecule has 0 bridgehead atoms. The molecule has 1 heterocycles. The smallest absolute Gasteiger partial charge is 0.408 e. The number of hydrogen-bond donors (Lipinski definition) is 5. The Morgan fingerprint density at radius 2 is 1.45 bits per heavy atom. The summed E-state index contributed by atoms with van der Waals surface area (Å²) >= 11 is 0. The van der Waals surface area contributed by atoms with Crippen LogP contribution in [0.2, 0.25) is 0 Å². The highest BCUT2D eigenvalue weighted by atomic mass is 16.6. The summed E-state index contributed by atoms with van der Waals surface area (Å²) in [5.74, 6) is -7.96. The molecule has 3 aromatic rings. The van der Waals surface area contributed by atoms with Gasteiger partial charge in [-0.1, -0.05) is 98.8 Å². The van der Waals surface area contributed by atoms with Crippen molar-refractivity contribution in [2.75, 3.05) is 19.8 Å². The highest BCUT2D eigenvalue weighted by Crippen LogP contribution is 2.61. The number of fused-ring (bicyclic) bond motifs is 1. The Kier molecular flexibility index (Phi) is 19.0. The molecule has 3 aromatic carbocycles. The third kappa shape index (κ3) is 13.7. The number of carbonyl (C=O) groups excluding carboxylic acids is 8. The lowest BCUT2D eigenvalue weighted by Crippen LogP contribution is -2.80. The lowest BCUT2D eigenvalue weighted by atomic mass is 9.48. The van der Waals surface area contributed by atoms with E-state index in [1.165, 1.54) is 38.1 Å². The molecule has 21 heteroatoms. The largest absolute Gasteiger partial charge is 0.455 e. The van der Waals surface area contributed by atoms with Crippen molar-refractivity contribution in [3.05, 3.63) is 119 Å². The van der Waals surface area contributed by atoms with Crippen molar-refractivity contribution >= 4 is 47.8 Å². The molecular formula is C57H70N2O19. The van der Waals surface area contributed by atoms with E-state index in [1.54, 1.807) is 114 Å². The predicted octanol–water partition coefficient (Wildman–Crippen LogP) is 5.31. The van der Waals surface area contributed by atoms with Crippen LogP contribution in [0.15, 0.2) is 103 Å². The lowest BCUT2D eigenvalue weighted by Gasteiger charge is -2.65. The summed E-state index contributed by atoms with van der Waals surface area (Å²) < 4.78 is 46.2. The van der Waals surface area contributed by atoms with Gasteiger partial charge in [-0.05, 0) is 70.4 Å². The van der Waals surface area contributed by atoms with Gasteiger partial charge in [0.2, 0.25) is 6.10 Å². The van der Waals surface area contributed by atoms with Gasteiger partial charge in [-0.25, -0.2) is 24.0 Å². The summed E-state index contributed by atoms with van der Waals surface area (Å²) in [5.41, 5.74) is -7.72. The molecule has 3 aliphatic rings. The molecule has 1 saturated carbocycles. The number of Topliss-reactive ketones (excluding diaryl/α,β-unsaturated/α-hetero) is 1. The molecule has 0 spiro atoms. The van der Waals surface area contributed by atoms with E-state index in [1.807, 2.05) is 0 Å². The van der Waals surface area contributed by atoms with Crippen LogP contribution in [0.25, 0.3) is 0 Å². The molecule has 5 N–H and O–H groups in total. The first-order chi connectivity index (χ1) is 36.6. The zero-order valence-electron chi connectivity index (χ0n) is 45.2. The Morgan fingerprint density at radius 3 is 2.03 bits per heavy atom. The number of ether oxygens (including phenoxy) is 8. The van der Waals surface area contributed by atoms with Crippen molar-refractivity contribution in [1.29, 1.82) is 0 Å². The fourth-order valence-corrected chi connectivity index (χ4v) is 10.5. The van der Waals surface area contributed by atoms with E-state index in [4.69, 9.17) is 37.9 Å². The number of carbonyl (C=O) groups is 8. The standard InChI is InChI=1S/C57H70N2O19/c1-33-28-54(7,8)57(70,48(76-49(66)38-23-17-12-18-24-38)46-55(9,47(65)34(2)60)40(62)27-41-56(46,32-73-41)77-35(3)61)29-39(33)74-50(67)45(44(37-21-15-11-16-22-37)59-52(69)78-53(4,5)6)75-43(64)31-71-42(63)25-26-58-51(68)72-30-36-19-13-10-14-20-36/h10-24,28,34,39-41,44-46,48,60,62,70H,25-27,29-32H2,1-9H3,(H,58,68)(H,59,69)/t34-,39+,40+,41?,44+,45-,46+,48+,55-,56+,57-/m1/s1. The average molecular weight is 1090 g/mol. The van der Waals surface area contributed by atoms with Crippen LogP contribution in [0.5, 0.6) is 0 Å². The van der Waals surface area contributed by atoms with E-state index in [-0.39, 0.29) is 37.3 Å². The minimum absolute atomic E-state index is 0.00736. The van der Waals surface area contributed by atoms with Gasteiger partial charge < -0.3 is 63.8 Å². The van der Waals surface area contributed by atoms with Crippen LogP contribution in [0.4, 0.5) is 9.59 Å². The third-order valence-corrected chi connectivity index (χ3v) is 14.4. The Balaban J connectivity index is 1.35. The lowest BCUT2D eigenvalue weighted by molar-refractivity contribution is -0.343. The Labute approximate surface area is 452 Å². The van der Waals surface area contributed by atoms with Crippen LogP contribution in [0, 0.1) is 16.7 Å². The molecular weight excluding hydrogens is 1020 g/mol. The summed E-state index contributed by atoms with van der Waals surface area (Å²) in [6.07, 6.45) is -11.6. The van der Waals surface area contributed by atoms with Gasteiger partial charge in [0.25, 0.3) is 0 Å². The SMILES string of the molecule is CC(=O)O[C@@]12COC1C[C@H](O)[C@@](C)(C(=O)[C@@H](C)O)[C@@H]2[C@H](OC(=O)c1ccccc1)[C@]1(O)C[C@H](OC(=O)[C@H](OC(=O)COC(=O)CCNC(=O)OCc2ccccc2)[C@@H](NC(=O)OC(C)(C)C)c2ccccc2)C(C)=CC1(C)C. The molecule has 11 atom stereocenters. The summed E-state index contributed by atoms with van der Waals surface area (Å²) in [5, 5.41) is 41.7. The first-order valence-corrected chi connectivity index (χ1v) is 25.6.